The van der Waals surface area contributed by atoms with Crippen molar-refractivity contribution in [2.75, 3.05) is 19.5 Å². The van der Waals surface area contributed by atoms with Crippen LogP contribution < -0.4 is 10.5 Å². The van der Waals surface area contributed by atoms with Crippen LogP contribution in [-0.4, -0.2) is 57.2 Å². The van der Waals surface area contributed by atoms with Crippen LogP contribution in [-0.2, 0) is 22.9 Å². The molecule has 5 rings (SSSR count). The van der Waals surface area contributed by atoms with Crippen molar-refractivity contribution in [3.05, 3.63) is 6.33 Å². The molecule has 170 valence electrons. The van der Waals surface area contributed by atoms with Crippen LogP contribution >= 0.6 is 7.82 Å². The Hall–Kier alpha value is -1.85. The van der Waals surface area contributed by atoms with Crippen LogP contribution in [0.25, 0.3) is 11.2 Å². The number of halogens is 1. The highest BCUT2D eigenvalue weighted by atomic mass is 31.2. The Labute approximate surface area is 178 Å². The van der Waals surface area contributed by atoms with Crippen molar-refractivity contribution in [1.82, 2.24) is 19.5 Å². The summed E-state index contributed by atoms with van der Waals surface area (Å²) in [7, 11) is -2.49. The zero-order valence-electron chi connectivity index (χ0n) is 17.3. The first-order valence-electron chi connectivity index (χ1n) is 10.3. The largest absolute Gasteiger partial charge is 0.479 e. The number of fused-ring (bicyclic) bond motifs is 2. The number of nitrogens with zero attached hydrogens (tertiary/aromatic N) is 4. The van der Waals surface area contributed by atoms with Crippen molar-refractivity contribution in [3.63, 3.8) is 0 Å². The first kappa shape index (κ1) is 21.0. The molecule has 0 aromatic carbocycles. The molecule has 2 aromatic rings. The molecule has 1 aliphatic carbocycles. The third kappa shape index (κ3) is 3.60. The van der Waals surface area contributed by atoms with Gasteiger partial charge in [-0.15, -0.1) is 0 Å². The Balaban J connectivity index is 1.42. The normalized spacial score (nSPS) is 36.5. The number of methoxy groups -OCH3 is 1. The smallest absolute Gasteiger partial charge is 0.475 e. The molecular weight excluding hydrogens is 432 g/mol. The zero-order valence-corrected chi connectivity index (χ0v) is 18.2. The van der Waals surface area contributed by atoms with Gasteiger partial charge in [-0.05, 0) is 19.8 Å². The monoisotopic (exact) mass is 457 g/mol. The summed E-state index contributed by atoms with van der Waals surface area (Å²) >= 11 is 0. The molecule has 1 unspecified atom stereocenters. The number of rotatable bonds is 4. The fraction of sp³-hybridized carbons (Fsp3) is 0.722. The lowest BCUT2D eigenvalue weighted by Crippen LogP contribution is -2.45. The highest BCUT2D eigenvalue weighted by molar-refractivity contribution is 7.48. The van der Waals surface area contributed by atoms with Crippen molar-refractivity contribution >= 4 is 24.9 Å². The van der Waals surface area contributed by atoms with E-state index < -0.39 is 31.9 Å². The molecular formula is C18H25FN5O6P. The highest BCUT2D eigenvalue weighted by Crippen LogP contribution is 2.60. The van der Waals surface area contributed by atoms with Gasteiger partial charge >= 0.3 is 7.82 Å². The molecule has 0 spiro atoms. The van der Waals surface area contributed by atoms with Gasteiger partial charge in [0.15, 0.2) is 23.1 Å². The summed E-state index contributed by atoms with van der Waals surface area (Å²) in [5, 5.41) is 0. The number of phosphoric acid groups is 1. The number of anilines is 1. The summed E-state index contributed by atoms with van der Waals surface area (Å²) < 4.78 is 58.4. The molecule has 2 aromatic heterocycles. The predicted molar refractivity (Wildman–Crippen MR) is 106 cm³/mol. The van der Waals surface area contributed by atoms with Crippen molar-refractivity contribution in [1.29, 1.82) is 0 Å². The van der Waals surface area contributed by atoms with Crippen LogP contribution in [0.3, 0.4) is 0 Å². The van der Waals surface area contributed by atoms with Gasteiger partial charge < -0.3 is 15.2 Å². The van der Waals surface area contributed by atoms with Gasteiger partial charge in [0.2, 0.25) is 11.8 Å². The van der Waals surface area contributed by atoms with Crippen LogP contribution in [0.15, 0.2) is 6.33 Å². The molecule has 0 amide bonds. The molecule has 3 fully saturated rings. The number of hydrogen-bond donors (Lipinski definition) is 1. The predicted octanol–water partition coefficient (Wildman–Crippen LogP) is 2.92. The Morgan fingerprint density at radius 1 is 1.32 bits per heavy atom. The molecule has 2 saturated heterocycles. The molecule has 0 radical (unpaired) electrons. The molecule has 1 saturated carbocycles. The second-order valence-corrected chi connectivity index (χ2v) is 9.80. The van der Waals surface area contributed by atoms with E-state index in [-0.39, 0.29) is 30.2 Å². The number of alkyl halides is 1. The van der Waals surface area contributed by atoms with Gasteiger partial charge in [-0.2, -0.15) is 9.97 Å². The second-order valence-electron chi connectivity index (χ2n) is 8.23. The maximum absolute atomic E-state index is 16.1. The van der Waals surface area contributed by atoms with E-state index in [9.17, 15) is 4.57 Å². The lowest BCUT2D eigenvalue weighted by Gasteiger charge is -2.35. The fourth-order valence-corrected chi connectivity index (χ4v) is 6.17. The summed E-state index contributed by atoms with van der Waals surface area (Å²) in [6, 6.07) is 0. The van der Waals surface area contributed by atoms with Crippen LogP contribution in [0, 0.1) is 0 Å². The molecule has 0 bridgehead atoms. The van der Waals surface area contributed by atoms with E-state index in [2.05, 4.69) is 15.0 Å². The first-order valence-corrected chi connectivity index (χ1v) is 11.8. The highest BCUT2D eigenvalue weighted by Gasteiger charge is 2.62. The lowest BCUT2D eigenvalue weighted by molar-refractivity contribution is -0.0763. The summed E-state index contributed by atoms with van der Waals surface area (Å²) in [5.74, 6) is 0.120. The molecule has 31 heavy (non-hydrogen) atoms. The number of phosphoric ester groups is 1. The molecule has 2 aliphatic heterocycles. The standard InChI is InChI=1S/C18H25FN5O6P/c1-18(19)13-11(8-27-31(25,30-13)29-10-6-4-3-5-7-10)28-16(18)24-9-21-12-14(24)22-17(20)23-15(12)26-2/h9-11,13,16H,3-8H2,1-2H3,(H2,20,22,23)/t11-,13-,16-,18-,31?/m1/s1. The van der Waals surface area contributed by atoms with E-state index in [1.54, 1.807) is 0 Å². The first-order chi connectivity index (χ1) is 14.8. The van der Waals surface area contributed by atoms with Crippen LogP contribution in [0.1, 0.15) is 45.3 Å². The SMILES string of the molecule is COc1nc(N)nc2c1ncn2[C@@H]1O[C@@H]2COP(=O)(OC3CCCCC3)O[C@H]2[C@@]1(C)F. The Bertz CT molecular complexity index is 1030. The average Bonchev–Trinajstić information content (AvgIpc) is 3.26. The van der Waals surface area contributed by atoms with E-state index in [1.807, 2.05) is 0 Å². The van der Waals surface area contributed by atoms with Crippen LogP contribution in [0.2, 0.25) is 0 Å². The maximum Gasteiger partial charge on any atom is 0.475 e. The third-order valence-electron chi connectivity index (χ3n) is 6.00. The molecule has 3 aliphatic rings. The summed E-state index contributed by atoms with van der Waals surface area (Å²) in [6.07, 6.45) is 2.71. The number of ether oxygens (including phenoxy) is 2. The van der Waals surface area contributed by atoms with Gasteiger partial charge in [-0.1, -0.05) is 19.3 Å². The van der Waals surface area contributed by atoms with Gasteiger partial charge in [-0.3, -0.25) is 18.1 Å². The Morgan fingerprint density at radius 3 is 2.84 bits per heavy atom. The quantitative estimate of drug-likeness (QED) is 0.683. The van der Waals surface area contributed by atoms with E-state index in [4.69, 9.17) is 28.8 Å². The van der Waals surface area contributed by atoms with Gasteiger partial charge in [0.1, 0.15) is 12.2 Å². The zero-order chi connectivity index (χ0) is 21.8. The Morgan fingerprint density at radius 2 is 2.10 bits per heavy atom. The third-order valence-corrected chi connectivity index (χ3v) is 7.51. The number of imidazole rings is 1. The summed E-state index contributed by atoms with van der Waals surface area (Å²) in [4.78, 5) is 12.4. The average molecular weight is 457 g/mol. The summed E-state index contributed by atoms with van der Waals surface area (Å²) in [6.45, 7) is 1.21. The second kappa shape index (κ2) is 7.63. The summed E-state index contributed by atoms with van der Waals surface area (Å²) in [5.41, 5.74) is 4.24. The number of hydrogen-bond acceptors (Lipinski definition) is 10. The van der Waals surface area contributed by atoms with Crippen LogP contribution in [0.5, 0.6) is 5.88 Å². The van der Waals surface area contributed by atoms with Crippen molar-refractivity contribution in [2.24, 2.45) is 0 Å². The van der Waals surface area contributed by atoms with Gasteiger partial charge in [0.05, 0.1) is 26.1 Å². The molecule has 11 nitrogen and oxygen atoms in total. The lowest BCUT2D eigenvalue weighted by atomic mass is 9.98. The van der Waals surface area contributed by atoms with E-state index in [0.717, 1.165) is 32.1 Å². The molecule has 2 N–H and O–H groups in total. The van der Waals surface area contributed by atoms with Crippen LogP contribution in [0.4, 0.5) is 10.3 Å². The Kier molecular flexibility index (Phi) is 5.17. The topological polar surface area (TPSA) is 133 Å². The van der Waals surface area contributed by atoms with E-state index in [0.29, 0.717) is 5.52 Å². The van der Waals surface area contributed by atoms with E-state index in [1.165, 1.54) is 24.9 Å². The van der Waals surface area contributed by atoms with Crippen molar-refractivity contribution in [3.8, 4) is 5.88 Å². The minimum atomic E-state index is -3.91. The molecule has 4 heterocycles. The minimum absolute atomic E-state index is 0.0490. The molecule has 5 atom stereocenters. The fourth-order valence-electron chi connectivity index (χ4n) is 4.47. The number of nitrogens with two attached hydrogens (primary N) is 1. The van der Waals surface area contributed by atoms with E-state index >= 15 is 4.39 Å². The van der Waals surface area contributed by atoms with Crippen molar-refractivity contribution < 1.29 is 32.0 Å². The minimum Gasteiger partial charge on any atom is -0.479 e. The number of nitrogen functional groups attached to an aromatic ring is 1. The van der Waals surface area contributed by atoms with Gasteiger partial charge in [-0.25, -0.2) is 13.9 Å². The van der Waals surface area contributed by atoms with Gasteiger partial charge in [0.25, 0.3) is 0 Å². The maximum atomic E-state index is 16.1. The van der Waals surface area contributed by atoms with Gasteiger partial charge in [0, 0.05) is 0 Å². The molecule has 13 heteroatoms. The number of aromatic nitrogens is 4. The van der Waals surface area contributed by atoms with Crippen molar-refractivity contribution in [2.45, 2.75) is 69.2 Å².